The molecule has 1 rings (SSSR count). The molecule has 0 unspecified atom stereocenters. The highest BCUT2D eigenvalue weighted by Crippen LogP contribution is 2.13. The molecule has 0 aromatic heterocycles. The zero-order valence-electron chi connectivity index (χ0n) is 10.3. The number of ether oxygens (including phenoxy) is 1. The molecule has 0 heterocycles. The Morgan fingerprint density at radius 2 is 2.18 bits per heavy atom. The molecule has 0 amide bonds. The van der Waals surface area contributed by atoms with Crippen molar-refractivity contribution in [2.75, 3.05) is 27.2 Å². The number of nitrogens with zero attached hydrogens (tertiary/aromatic N) is 1. The Bertz CT molecular complexity index is 365. The third-order valence-corrected chi connectivity index (χ3v) is 2.62. The minimum Gasteiger partial charge on any atom is -0.497 e. The first-order valence-electron chi connectivity index (χ1n) is 5.65. The van der Waals surface area contributed by atoms with Crippen LogP contribution in [-0.4, -0.2) is 43.2 Å². The van der Waals surface area contributed by atoms with Crippen LogP contribution in [0.5, 0.6) is 5.75 Å². The molecule has 0 saturated heterocycles. The van der Waals surface area contributed by atoms with Crippen LogP contribution in [0, 0.1) is 0 Å². The summed E-state index contributed by atoms with van der Waals surface area (Å²) in [7, 11) is 3.58. The highest BCUT2D eigenvalue weighted by molar-refractivity contribution is 5.66. The Labute approximate surface area is 102 Å². The summed E-state index contributed by atoms with van der Waals surface area (Å²) in [6, 6.07) is 7.93. The van der Waals surface area contributed by atoms with Crippen LogP contribution in [0.25, 0.3) is 0 Å². The van der Waals surface area contributed by atoms with E-state index in [2.05, 4.69) is 0 Å². The van der Waals surface area contributed by atoms with Crippen molar-refractivity contribution in [3.63, 3.8) is 0 Å². The lowest BCUT2D eigenvalue weighted by molar-refractivity contribution is -0.137. The second kappa shape index (κ2) is 6.91. The first-order chi connectivity index (χ1) is 8.11. The van der Waals surface area contributed by atoms with Crippen LogP contribution in [-0.2, 0) is 11.2 Å². The number of carbonyl (C=O) groups is 1. The van der Waals surface area contributed by atoms with Gasteiger partial charge in [-0.25, -0.2) is 0 Å². The third-order valence-electron chi connectivity index (χ3n) is 2.62. The number of benzene rings is 1. The van der Waals surface area contributed by atoms with Gasteiger partial charge in [-0.3, -0.25) is 4.79 Å². The van der Waals surface area contributed by atoms with E-state index < -0.39 is 5.97 Å². The van der Waals surface area contributed by atoms with Gasteiger partial charge in [0.2, 0.25) is 0 Å². The van der Waals surface area contributed by atoms with E-state index in [1.807, 2.05) is 36.2 Å². The van der Waals surface area contributed by atoms with Gasteiger partial charge in [0.15, 0.2) is 0 Å². The van der Waals surface area contributed by atoms with Gasteiger partial charge in [-0.2, -0.15) is 0 Å². The maximum Gasteiger partial charge on any atom is 0.304 e. The van der Waals surface area contributed by atoms with Crippen LogP contribution >= 0.6 is 0 Å². The first kappa shape index (κ1) is 13.5. The average Bonchev–Trinajstić information content (AvgIpc) is 2.34. The highest BCUT2D eigenvalue weighted by Gasteiger charge is 2.03. The van der Waals surface area contributed by atoms with Crippen molar-refractivity contribution in [3.8, 4) is 5.75 Å². The van der Waals surface area contributed by atoms with E-state index in [-0.39, 0.29) is 6.42 Å². The van der Waals surface area contributed by atoms with Crippen LogP contribution in [0.15, 0.2) is 24.3 Å². The minimum atomic E-state index is -0.752. The second-order valence-corrected chi connectivity index (χ2v) is 4.05. The van der Waals surface area contributed by atoms with E-state index >= 15 is 0 Å². The SMILES string of the molecule is COc1cccc(CCN(C)CCC(=O)O)c1. The predicted octanol–water partition coefficient (Wildman–Crippen LogP) is 1.64. The largest absolute Gasteiger partial charge is 0.497 e. The molecule has 1 aromatic carbocycles. The Kier molecular flexibility index (Phi) is 5.49. The van der Waals surface area contributed by atoms with Crippen molar-refractivity contribution in [1.29, 1.82) is 0 Å². The van der Waals surface area contributed by atoms with Crippen LogP contribution in [0.1, 0.15) is 12.0 Å². The molecule has 1 N–H and O–H groups in total. The Balaban J connectivity index is 2.36. The molecule has 0 bridgehead atoms. The Morgan fingerprint density at radius 3 is 2.82 bits per heavy atom. The molecule has 0 aliphatic heterocycles. The number of carboxylic acids is 1. The fourth-order valence-corrected chi connectivity index (χ4v) is 1.55. The van der Waals surface area contributed by atoms with E-state index in [1.165, 1.54) is 5.56 Å². The van der Waals surface area contributed by atoms with Crippen molar-refractivity contribution >= 4 is 5.97 Å². The fraction of sp³-hybridized carbons (Fsp3) is 0.462. The van der Waals surface area contributed by atoms with E-state index in [1.54, 1.807) is 7.11 Å². The van der Waals surface area contributed by atoms with Crippen molar-refractivity contribution in [2.45, 2.75) is 12.8 Å². The second-order valence-electron chi connectivity index (χ2n) is 4.05. The summed E-state index contributed by atoms with van der Waals surface area (Å²) in [5.74, 6) is 0.105. The number of aliphatic carboxylic acids is 1. The smallest absolute Gasteiger partial charge is 0.304 e. The maximum atomic E-state index is 10.4. The molecule has 0 aliphatic carbocycles. The van der Waals surface area contributed by atoms with Crippen molar-refractivity contribution < 1.29 is 14.6 Å². The normalized spacial score (nSPS) is 10.5. The summed E-state index contributed by atoms with van der Waals surface area (Å²) < 4.78 is 5.15. The Hall–Kier alpha value is -1.55. The molecule has 0 saturated carbocycles. The maximum absolute atomic E-state index is 10.4. The van der Waals surface area contributed by atoms with Gasteiger partial charge in [0.1, 0.15) is 5.75 Å². The topological polar surface area (TPSA) is 49.8 Å². The van der Waals surface area contributed by atoms with Gasteiger partial charge in [-0.1, -0.05) is 12.1 Å². The van der Waals surface area contributed by atoms with Gasteiger partial charge in [-0.05, 0) is 31.2 Å². The van der Waals surface area contributed by atoms with Crippen molar-refractivity contribution in [3.05, 3.63) is 29.8 Å². The lowest BCUT2D eigenvalue weighted by atomic mass is 10.1. The van der Waals surface area contributed by atoms with E-state index in [9.17, 15) is 4.79 Å². The summed E-state index contributed by atoms with van der Waals surface area (Å²) in [5, 5.41) is 8.57. The predicted molar refractivity (Wildman–Crippen MR) is 66.4 cm³/mol. The lowest BCUT2D eigenvalue weighted by Crippen LogP contribution is -2.24. The van der Waals surface area contributed by atoms with Crippen LogP contribution in [0.2, 0.25) is 0 Å². The van der Waals surface area contributed by atoms with Crippen molar-refractivity contribution in [2.24, 2.45) is 0 Å². The molecule has 17 heavy (non-hydrogen) atoms. The quantitative estimate of drug-likeness (QED) is 0.783. The third kappa shape index (κ3) is 5.36. The molecule has 0 aliphatic rings. The van der Waals surface area contributed by atoms with Gasteiger partial charge >= 0.3 is 5.97 Å². The van der Waals surface area contributed by atoms with E-state index in [0.717, 1.165) is 18.7 Å². The number of hydrogen-bond donors (Lipinski definition) is 1. The molecule has 0 spiro atoms. The fourth-order valence-electron chi connectivity index (χ4n) is 1.55. The number of likely N-dealkylation sites (N-methyl/N-ethyl adjacent to an activating group) is 1. The first-order valence-corrected chi connectivity index (χ1v) is 5.65. The van der Waals surface area contributed by atoms with Crippen LogP contribution in [0.4, 0.5) is 0 Å². The molecular formula is C13H19NO3. The van der Waals surface area contributed by atoms with Crippen molar-refractivity contribution in [1.82, 2.24) is 4.90 Å². The van der Waals surface area contributed by atoms with Gasteiger partial charge in [-0.15, -0.1) is 0 Å². The average molecular weight is 237 g/mol. The Morgan fingerprint density at radius 1 is 1.41 bits per heavy atom. The summed E-state index contributed by atoms with van der Waals surface area (Å²) in [4.78, 5) is 12.4. The summed E-state index contributed by atoms with van der Waals surface area (Å²) in [6.07, 6.45) is 1.09. The zero-order valence-corrected chi connectivity index (χ0v) is 10.3. The molecule has 94 valence electrons. The van der Waals surface area contributed by atoms with Gasteiger partial charge < -0.3 is 14.7 Å². The summed E-state index contributed by atoms with van der Waals surface area (Å²) in [5.41, 5.74) is 1.20. The molecule has 1 aromatic rings. The number of methoxy groups -OCH3 is 1. The number of hydrogen-bond acceptors (Lipinski definition) is 3. The monoisotopic (exact) mass is 237 g/mol. The summed E-state index contributed by atoms with van der Waals surface area (Å²) in [6.45, 7) is 1.43. The molecular weight excluding hydrogens is 218 g/mol. The van der Waals surface area contributed by atoms with Crippen LogP contribution < -0.4 is 4.74 Å². The van der Waals surface area contributed by atoms with Gasteiger partial charge in [0, 0.05) is 13.1 Å². The van der Waals surface area contributed by atoms with E-state index in [4.69, 9.17) is 9.84 Å². The molecule has 4 heteroatoms. The zero-order chi connectivity index (χ0) is 12.7. The van der Waals surface area contributed by atoms with Crippen LogP contribution in [0.3, 0.4) is 0 Å². The van der Waals surface area contributed by atoms with Gasteiger partial charge in [0.05, 0.1) is 13.5 Å². The number of rotatable bonds is 7. The molecule has 0 fully saturated rings. The molecule has 0 atom stereocenters. The lowest BCUT2D eigenvalue weighted by Gasteiger charge is -2.15. The summed E-state index contributed by atoms with van der Waals surface area (Å²) >= 11 is 0. The standard InChI is InChI=1S/C13H19NO3/c1-14(9-7-13(15)16)8-6-11-4-3-5-12(10-11)17-2/h3-5,10H,6-9H2,1-2H3,(H,15,16). The van der Waals surface area contributed by atoms with Gasteiger partial charge in [0.25, 0.3) is 0 Å². The number of carboxylic acid groups (broad SMARTS) is 1. The molecule has 4 nitrogen and oxygen atoms in total. The van der Waals surface area contributed by atoms with E-state index in [0.29, 0.717) is 6.54 Å². The molecule has 0 radical (unpaired) electrons. The minimum absolute atomic E-state index is 0.189. The highest BCUT2D eigenvalue weighted by atomic mass is 16.5.